The zero-order valence-corrected chi connectivity index (χ0v) is 11.1. The van der Waals surface area contributed by atoms with Gasteiger partial charge in [-0.3, -0.25) is 0 Å². The van der Waals surface area contributed by atoms with Gasteiger partial charge in [-0.1, -0.05) is 43.7 Å². The molecule has 2 rings (SSSR count). The van der Waals surface area contributed by atoms with Crippen molar-refractivity contribution in [2.45, 2.75) is 33.1 Å². The maximum Gasteiger partial charge on any atom is 0.121 e. The normalized spacial score (nSPS) is 10.6. The van der Waals surface area contributed by atoms with Crippen LogP contribution in [0, 0.1) is 6.92 Å². The van der Waals surface area contributed by atoms with Crippen LogP contribution in [0.4, 0.5) is 0 Å². The number of phenols is 1. The van der Waals surface area contributed by atoms with Crippen LogP contribution in [0.2, 0.25) is 0 Å². The quantitative estimate of drug-likeness (QED) is 0.820. The summed E-state index contributed by atoms with van der Waals surface area (Å²) in [5.41, 5.74) is 4.42. The molecule has 0 aromatic heterocycles. The summed E-state index contributed by atoms with van der Waals surface area (Å²) in [5.74, 6) is 0.461. The SMILES string of the molecule is CCCCc1cc(-c2ccccc2)cc(C)c1O. The van der Waals surface area contributed by atoms with Crippen molar-refractivity contribution >= 4 is 0 Å². The van der Waals surface area contributed by atoms with Crippen molar-refractivity contribution in [1.29, 1.82) is 0 Å². The Bertz CT molecular complexity index is 515. The molecule has 0 fully saturated rings. The summed E-state index contributed by atoms with van der Waals surface area (Å²) in [5, 5.41) is 10.1. The second-order valence-corrected chi connectivity index (χ2v) is 4.77. The summed E-state index contributed by atoms with van der Waals surface area (Å²) in [4.78, 5) is 0. The monoisotopic (exact) mass is 240 g/mol. The fourth-order valence-electron chi connectivity index (χ4n) is 2.21. The lowest BCUT2D eigenvalue weighted by Gasteiger charge is -2.11. The van der Waals surface area contributed by atoms with Gasteiger partial charge in [0.2, 0.25) is 0 Å². The molecule has 1 heteroatoms. The van der Waals surface area contributed by atoms with Crippen molar-refractivity contribution in [2.75, 3.05) is 0 Å². The standard InChI is InChI=1S/C17H20O/c1-3-4-8-15-12-16(11-13(2)17(15)18)14-9-6-5-7-10-14/h5-7,9-12,18H,3-4,8H2,1-2H3. The molecule has 2 aromatic carbocycles. The maximum absolute atomic E-state index is 10.1. The van der Waals surface area contributed by atoms with E-state index < -0.39 is 0 Å². The van der Waals surface area contributed by atoms with Gasteiger partial charge in [0.05, 0.1) is 0 Å². The number of hydrogen-bond donors (Lipinski definition) is 1. The molecule has 18 heavy (non-hydrogen) atoms. The molecule has 0 radical (unpaired) electrons. The van der Waals surface area contributed by atoms with Crippen LogP contribution in [-0.2, 0) is 6.42 Å². The second-order valence-electron chi connectivity index (χ2n) is 4.77. The summed E-state index contributed by atoms with van der Waals surface area (Å²) < 4.78 is 0. The van der Waals surface area contributed by atoms with Crippen LogP contribution in [0.5, 0.6) is 5.75 Å². The maximum atomic E-state index is 10.1. The molecular weight excluding hydrogens is 220 g/mol. The van der Waals surface area contributed by atoms with E-state index in [4.69, 9.17) is 0 Å². The van der Waals surface area contributed by atoms with Gasteiger partial charge in [-0.2, -0.15) is 0 Å². The van der Waals surface area contributed by atoms with E-state index in [-0.39, 0.29) is 0 Å². The van der Waals surface area contributed by atoms with Crippen LogP contribution in [-0.4, -0.2) is 5.11 Å². The first kappa shape index (κ1) is 12.7. The van der Waals surface area contributed by atoms with Crippen LogP contribution in [0.25, 0.3) is 11.1 Å². The van der Waals surface area contributed by atoms with Crippen LogP contribution >= 0.6 is 0 Å². The van der Waals surface area contributed by atoms with Gasteiger partial charge < -0.3 is 5.11 Å². The third-order valence-corrected chi connectivity index (χ3v) is 3.29. The lowest BCUT2D eigenvalue weighted by molar-refractivity contribution is 0.463. The zero-order valence-electron chi connectivity index (χ0n) is 11.1. The number of benzene rings is 2. The average molecular weight is 240 g/mol. The van der Waals surface area contributed by atoms with Gasteiger partial charge in [-0.05, 0) is 54.2 Å². The highest BCUT2D eigenvalue weighted by Crippen LogP contribution is 2.30. The van der Waals surface area contributed by atoms with E-state index in [1.165, 1.54) is 11.1 Å². The number of rotatable bonds is 4. The molecule has 0 unspecified atom stereocenters. The average Bonchev–Trinajstić information content (AvgIpc) is 2.41. The third-order valence-electron chi connectivity index (χ3n) is 3.29. The lowest BCUT2D eigenvalue weighted by atomic mass is 9.97. The highest BCUT2D eigenvalue weighted by atomic mass is 16.3. The largest absolute Gasteiger partial charge is 0.507 e. The Morgan fingerprint density at radius 1 is 1.00 bits per heavy atom. The van der Waals surface area contributed by atoms with Crippen molar-refractivity contribution in [3.8, 4) is 16.9 Å². The molecule has 0 saturated heterocycles. The molecule has 94 valence electrons. The van der Waals surface area contributed by atoms with Gasteiger partial charge in [-0.15, -0.1) is 0 Å². The highest BCUT2D eigenvalue weighted by molar-refractivity contribution is 5.67. The first-order valence-corrected chi connectivity index (χ1v) is 6.60. The number of hydrogen-bond acceptors (Lipinski definition) is 1. The zero-order chi connectivity index (χ0) is 13.0. The lowest BCUT2D eigenvalue weighted by Crippen LogP contribution is -1.90. The van der Waals surface area contributed by atoms with E-state index in [1.54, 1.807) is 0 Å². The van der Waals surface area contributed by atoms with Crippen molar-refractivity contribution in [2.24, 2.45) is 0 Å². The Hall–Kier alpha value is -1.76. The van der Waals surface area contributed by atoms with Crippen LogP contribution in [0.15, 0.2) is 42.5 Å². The molecule has 0 amide bonds. The Morgan fingerprint density at radius 3 is 2.39 bits per heavy atom. The molecule has 0 aliphatic carbocycles. The van der Waals surface area contributed by atoms with Crippen LogP contribution in [0.1, 0.15) is 30.9 Å². The number of phenolic OH excluding ortho intramolecular Hbond substituents is 1. The third kappa shape index (κ3) is 2.73. The van der Waals surface area contributed by atoms with Gasteiger partial charge in [0.1, 0.15) is 5.75 Å². The molecule has 2 aromatic rings. The first-order valence-electron chi connectivity index (χ1n) is 6.60. The van der Waals surface area contributed by atoms with Gasteiger partial charge in [-0.25, -0.2) is 0 Å². The summed E-state index contributed by atoms with van der Waals surface area (Å²) in [7, 11) is 0. The van der Waals surface area contributed by atoms with Gasteiger partial charge in [0.15, 0.2) is 0 Å². The second kappa shape index (κ2) is 5.72. The van der Waals surface area contributed by atoms with E-state index in [1.807, 2.05) is 25.1 Å². The van der Waals surface area contributed by atoms with Crippen LogP contribution in [0.3, 0.4) is 0 Å². The molecule has 1 N–H and O–H groups in total. The Labute approximate surface area is 109 Å². The van der Waals surface area contributed by atoms with E-state index in [0.29, 0.717) is 5.75 Å². The van der Waals surface area contributed by atoms with Gasteiger partial charge in [0, 0.05) is 0 Å². The van der Waals surface area contributed by atoms with Crippen molar-refractivity contribution in [1.82, 2.24) is 0 Å². The minimum absolute atomic E-state index is 0.461. The molecule has 0 heterocycles. The van der Waals surface area contributed by atoms with Gasteiger partial charge >= 0.3 is 0 Å². The van der Waals surface area contributed by atoms with Crippen molar-refractivity contribution < 1.29 is 5.11 Å². The smallest absolute Gasteiger partial charge is 0.121 e. The summed E-state index contributed by atoms with van der Waals surface area (Å²) >= 11 is 0. The minimum Gasteiger partial charge on any atom is -0.507 e. The molecule has 0 saturated carbocycles. The summed E-state index contributed by atoms with van der Waals surface area (Å²) in [6.07, 6.45) is 3.21. The predicted octanol–water partition coefficient (Wildman–Crippen LogP) is 4.71. The molecule has 0 spiro atoms. The predicted molar refractivity (Wildman–Crippen MR) is 76.9 cm³/mol. The van der Waals surface area contributed by atoms with E-state index in [0.717, 1.165) is 30.4 Å². The molecule has 0 aliphatic heterocycles. The Morgan fingerprint density at radius 2 is 1.72 bits per heavy atom. The van der Waals surface area contributed by atoms with Gasteiger partial charge in [0.25, 0.3) is 0 Å². The Balaban J connectivity index is 2.41. The highest BCUT2D eigenvalue weighted by Gasteiger charge is 2.07. The van der Waals surface area contributed by atoms with E-state index in [9.17, 15) is 5.11 Å². The van der Waals surface area contributed by atoms with Crippen LogP contribution < -0.4 is 0 Å². The minimum atomic E-state index is 0.461. The molecule has 1 nitrogen and oxygen atoms in total. The summed E-state index contributed by atoms with van der Waals surface area (Å²) in [6.45, 7) is 4.14. The summed E-state index contributed by atoms with van der Waals surface area (Å²) in [6, 6.07) is 14.5. The molecule has 0 atom stereocenters. The number of aryl methyl sites for hydroxylation is 2. The van der Waals surface area contributed by atoms with E-state index in [2.05, 4.69) is 31.2 Å². The molecule has 0 aliphatic rings. The molecular formula is C17H20O. The first-order chi connectivity index (χ1) is 8.72. The fourth-order valence-corrected chi connectivity index (χ4v) is 2.21. The molecule has 0 bridgehead atoms. The van der Waals surface area contributed by atoms with E-state index >= 15 is 0 Å². The topological polar surface area (TPSA) is 20.2 Å². The van der Waals surface area contributed by atoms with Crippen molar-refractivity contribution in [3.63, 3.8) is 0 Å². The van der Waals surface area contributed by atoms with Crippen molar-refractivity contribution in [3.05, 3.63) is 53.6 Å². The number of aromatic hydroxyl groups is 1. The number of unbranched alkanes of at least 4 members (excludes halogenated alkanes) is 1. The Kier molecular flexibility index (Phi) is 4.03. The fraction of sp³-hybridized carbons (Fsp3) is 0.294.